The lowest BCUT2D eigenvalue weighted by Crippen LogP contribution is -2.45. The van der Waals surface area contributed by atoms with Crippen molar-refractivity contribution in [2.75, 3.05) is 59.1 Å². The van der Waals surface area contributed by atoms with E-state index >= 15 is 0 Å². The molecule has 3 saturated heterocycles. The van der Waals surface area contributed by atoms with Crippen molar-refractivity contribution in [1.29, 1.82) is 0 Å². The van der Waals surface area contributed by atoms with Crippen LogP contribution in [0.4, 0.5) is 11.8 Å². The van der Waals surface area contributed by atoms with Crippen LogP contribution < -0.4 is 37.7 Å². The number of phosphoric acid groups is 2. The van der Waals surface area contributed by atoms with Gasteiger partial charge >= 0.3 is 34.4 Å². The molecule has 4 aromatic heterocycles. The van der Waals surface area contributed by atoms with Gasteiger partial charge in [-0.3, -0.25) is 56.3 Å². The highest BCUT2D eigenvalue weighted by Crippen LogP contribution is 2.62. The van der Waals surface area contributed by atoms with Crippen molar-refractivity contribution in [1.82, 2.24) is 38.5 Å². The minimum absolute atomic E-state index is 0.0187. The number of hydrogen-bond donors (Lipinski definition) is 10. The summed E-state index contributed by atoms with van der Waals surface area (Å²) in [4.78, 5) is 114. The highest BCUT2D eigenvalue weighted by molar-refractivity contribution is 7.64. The third kappa shape index (κ3) is 13.7. The summed E-state index contributed by atoms with van der Waals surface area (Å²) < 4.78 is 107. The maximum Gasteiger partial charge on any atom is 0.479 e. The average molecular weight is 1230 g/mol. The van der Waals surface area contributed by atoms with E-state index in [-0.39, 0.29) is 40.7 Å². The Balaban J connectivity index is 0.944. The number of imidazole rings is 2. The number of aliphatic imine (C=N–C) groups is 1. The van der Waals surface area contributed by atoms with Crippen LogP contribution in [0.25, 0.3) is 16.9 Å². The number of nitrogen functional groups attached to an aromatic ring is 1. The number of ether oxygens (including phenoxy) is 4. The van der Waals surface area contributed by atoms with E-state index in [1.165, 1.54) is 58.6 Å². The van der Waals surface area contributed by atoms with Crippen LogP contribution in [0, 0.1) is 5.92 Å². The molecule has 3 fully saturated rings. The van der Waals surface area contributed by atoms with Gasteiger partial charge in [-0.05, 0) is 12.0 Å². The van der Waals surface area contributed by atoms with E-state index in [9.17, 15) is 72.3 Å². The summed E-state index contributed by atoms with van der Waals surface area (Å²) in [6.07, 6.45) is -14.8. The van der Waals surface area contributed by atoms with Crippen molar-refractivity contribution < 1.29 is 104 Å². The predicted molar refractivity (Wildman–Crippen MR) is 272 cm³/mol. The number of carbonyl (C=O) groups is 1. The lowest BCUT2D eigenvalue weighted by atomic mass is 9.94. The summed E-state index contributed by atoms with van der Waals surface area (Å²) in [6, 6.07) is 0.929. The lowest BCUT2D eigenvalue weighted by molar-refractivity contribution is -0.745. The average Bonchev–Trinajstić information content (AvgIpc) is 4.39. The van der Waals surface area contributed by atoms with Gasteiger partial charge in [-0.1, -0.05) is 11.9 Å². The zero-order chi connectivity index (χ0) is 59.3. The number of rotatable bonds is 23. The van der Waals surface area contributed by atoms with Gasteiger partial charge in [0.1, 0.15) is 48.4 Å². The van der Waals surface area contributed by atoms with Gasteiger partial charge in [-0.2, -0.15) is 0 Å². The first-order chi connectivity index (χ1) is 37.9. The molecule has 4 aromatic rings. The molecule has 0 radical (unpaired) electrons. The van der Waals surface area contributed by atoms with Crippen LogP contribution in [0.2, 0.25) is 0 Å². The molecule has 0 saturated carbocycles. The molecule has 0 aromatic carbocycles. The summed E-state index contributed by atoms with van der Waals surface area (Å²) in [5, 5.41) is 32.9. The molecule has 1 amide bonds. The van der Waals surface area contributed by atoms with Gasteiger partial charge in [-0.25, -0.2) is 28.2 Å². The maximum atomic E-state index is 13.6. The molecule has 5 unspecified atom stereocenters. The summed E-state index contributed by atoms with van der Waals surface area (Å²) >= 11 is 0. The Morgan fingerprint density at radius 3 is 2.26 bits per heavy atom. The number of nitrogens with one attached hydrogen (secondary N) is 2. The predicted octanol–water partition coefficient (Wildman–Crippen LogP) is -2.96. The number of aromatic amines is 2. The number of aryl methyl sites for hydroxylation is 1. The first-order valence-electron chi connectivity index (χ1n) is 24.4. The van der Waals surface area contributed by atoms with Crippen molar-refractivity contribution in [3.05, 3.63) is 67.4 Å². The monoisotopic (exact) mass is 1230 g/mol. The number of phosphoric ester groups is 2. The fourth-order valence-electron chi connectivity index (χ4n) is 9.40. The number of aliphatic hydroxyl groups excluding tert-OH is 3. The standard InChI is InChI=1S/C41H60N12O24P4/c1-6-19-7-9-44-34-27(26(19)42)45-17-52(34)39-33(69-5)32(76-80(65,66)71-15-22-30(57)31(58)38(74-22)51-10-8-24(54)46-41(51)60)23(75-39)16-72-81(67,68)77-79(63,64)12-11-78(61,62)70-14-21-20(13-25(55)49(2)3)29(56)37(73-21)53-18-50(4)28-35(53)47-40(43)48-36(28)59/h8-10,17-18,20-23,29-33,37-39,56-58H,6-7,11-16,42H2,1-5H3,(H7-,43,46,47,48,54,59,60,61,62,63,64,65,66,67,68)/t20-,21-,22-,23?,29-,30-,31-,32-,33-,37-,38-,39-/m1/s1. The molecule has 40 heteroatoms. The van der Waals surface area contributed by atoms with E-state index in [1.54, 1.807) is 0 Å². The van der Waals surface area contributed by atoms with Crippen molar-refractivity contribution in [3.8, 4) is 0 Å². The quantitative estimate of drug-likeness (QED) is 0.0262. The number of fused-ring (bicyclic) bond motifs is 2. The summed E-state index contributed by atoms with van der Waals surface area (Å²) in [7, 11) is -16.3. The van der Waals surface area contributed by atoms with Gasteiger partial charge in [0.25, 0.3) is 24.9 Å². The van der Waals surface area contributed by atoms with Gasteiger partial charge in [-0.15, -0.1) is 0 Å². The van der Waals surface area contributed by atoms with Crippen molar-refractivity contribution in [3.63, 3.8) is 0 Å². The number of H-pyrrole nitrogens is 2. The number of amides is 1. The topological polar surface area (TPSA) is 508 Å². The molecule has 36 nitrogen and oxygen atoms in total. The van der Waals surface area contributed by atoms with Crippen LogP contribution in [0.15, 0.2) is 49.9 Å². The number of nitrogens with two attached hydrogens (primary N) is 2. The highest BCUT2D eigenvalue weighted by atomic mass is 31.3. The zero-order valence-corrected chi connectivity index (χ0v) is 47.1. The number of methoxy groups -OCH3 is 1. The maximum absolute atomic E-state index is 13.6. The number of anilines is 1. The second-order valence-corrected chi connectivity index (χ2v) is 26.1. The normalized spacial score (nSPS) is 29.7. The van der Waals surface area contributed by atoms with E-state index in [2.05, 4.69) is 24.3 Å². The van der Waals surface area contributed by atoms with E-state index in [0.29, 0.717) is 12.8 Å². The zero-order valence-electron chi connectivity index (χ0n) is 43.5. The molecule has 81 heavy (non-hydrogen) atoms. The van der Waals surface area contributed by atoms with Gasteiger partial charge in [0, 0.05) is 58.4 Å². The fourth-order valence-corrected chi connectivity index (χ4v) is 15.0. The molecule has 16 atom stereocenters. The SMILES string of the molecule is CCC1=C(N)c2ncn([C@@H]3OC(COP(=O)(O)OP(=O)(O)CCP(=O)(O)OC[C@H]4O[C@@H]([n+]5cn(C)c6c(=O)[nH]c(N)nc65)[C@H](O)[C@@H]4CC(=O)N(C)C)[C@@H](OP(=O)([O-])OC[C@H]4O[C@@H](n5ccc(=O)[nH]c5=O)[C@H](O)[C@@H]4O)[C@H]3OC)c2N=CC1. The lowest BCUT2D eigenvalue weighted by Gasteiger charge is -2.31. The molecule has 12 N–H and O–H groups in total. The molecule has 8 heterocycles. The van der Waals surface area contributed by atoms with E-state index < -0.39 is 159 Å². The first-order valence-corrected chi connectivity index (χ1v) is 30.9. The Hall–Kier alpha value is -5.00. The van der Waals surface area contributed by atoms with Crippen LogP contribution in [-0.2, 0) is 71.5 Å². The van der Waals surface area contributed by atoms with Crippen LogP contribution in [-0.4, -0.2) is 183 Å². The molecule has 0 spiro atoms. The molecule has 4 aliphatic heterocycles. The van der Waals surface area contributed by atoms with E-state index in [0.717, 1.165) is 29.5 Å². The molecule has 0 bridgehead atoms. The van der Waals surface area contributed by atoms with Crippen molar-refractivity contribution in [2.45, 2.75) is 93.7 Å². The molecule has 4 aliphatic rings. The molecular formula is C41H60N12O24P4. The van der Waals surface area contributed by atoms with Crippen molar-refractivity contribution in [2.24, 2.45) is 23.7 Å². The number of aromatic nitrogens is 8. The summed E-state index contributed by atoms with van der Waals surface area (Å²) in [6.45, 7) is -1.18. The van der Waals surface area contributed by atoms with Gasteiger partial charge < -0.3 is 83.8 Å². The van der Waals surface area contributed by atoms with Crippen LogP contribution in [0.3, 0.4) is 0 Å². The summed E-state index contributed by atoms with van der Waals surface area (Å²) in [5.41, 5.74) is 11.1. The number of hydrogen-bond acceptors (Lipinski definition) is 26. The first kappa shape index (κ1) is 62.1. The smallest absolute Gasteiger partial charge is 0.479 e. The largest absolute Gasteiger partial charge is 0.756 e. The minimum atomic E-state index is -5.76. The van der Waals surface area contributed by atoms with E-state index in [1.807, 2.05) is 11.9 Å². The highest BCUT2D eigenvalue weighted by Gasteiger charge is 2.53. The fraction of sp³-hybridized carbons (Fsp3) is 0.610. The Bertz CT molecular complexity index is 3460. The van der Waals surface area contributed by atoms with Gasteiger partial charge in [0.05, 0.1) is 57.3 Å². The number of nitrogens with zero attached hydrogens (tertiary/aromatic N) is 8. The summed E-state index contributed by atoms with van der Waals surface area (Å²) in [5.74, 6) is -1.76. The van der Waals surface area contributed by atoms with Crippen LogP contribution >= 0.6 is 30.8 Å². The third-order valence-electron chi connectivity index (χ3n) is 13.6. The van der Waals surface area contributed by atoms with Crippen LogP contribution in [0.5, 0.6) is 0 Å². The number of allylic oxidation sites excluding steroid dienone is 1. The number of carbonyl (C=O) groups excluding carboxylic acids is 1. The molecular weight excluding hydrogens is 1170 g/mol. The van der Waals surface area contributed by atoms with Crippen LogP contribution in [0.1, 0.15) is 50.6 Å². The second-order valence-electron chi connectivity index (χ2n) is 19.2. The molecule has 8 rings (SSSR count). The van der Waals surface area contributed by atoms with Crippen molar-refractivity contribution >= 4 is 71.6 Å². The Kier molecular flexibility index (Phi) is 18.6. The molecule has 0 aliphatic carbocycles. The Morgan fingerprint density at radius 2 is 1.58 bits per heavy atom. The van der Waals surface area contributed by atoms with Gasteiger partial charge in [0.15, 0.2) is 24.6 Å². The number of aliphatic hydroxyl groups is 3. The Morgan fingerprint density at radius 1 is 0.901 bits per heavy atom. The minimum Gasteiger partial charge on any atom is -0.756 e. The van der Waals surface area contributed by atoms with E-state index in [4.69, 9.17) is 48.5 Å². The second kappa shape index (κ2) is 24.3. The van der Waals surface area contributed by atoms with Gasteiger partial charge in [0.2, 0.25) is 17.7 Å². The Labute approximate surface area is 456 Å². The molecule has 448 valence electrons. The third-order valence-corrected chi connectivity index (χ3v) is 19.3.